The fourth-order valence-corrected chi connectivity index (χ4v) is 1.73. The van der Waals surface area contributed by atoms with Crippen LogP contribution in [-0.4, -0.2) is 10.7 Å². The lowest BCUT2D eigenvalue weighted by Crippen LogP contribution is -1.94. The van der Waals surface area contributed by atoms with Crippen molar-refractivity contribution >= 4 is 11.4 Å². The fourth-order valence-electron chi connectivity index (χ4n) is 1.73. The molecule has 82 valence electrons. The molecule has 0 aliphatic heterocycles. The molecule has 0 atom stereocenters. The Balaban J connectivity index is 2.36. The molecule has 0 spiro atoms. The Hall–Kier alpha value is -1.83. The second kappa shape index (κ2) is 4.35. The van der Waals surface area contributed by atoms with Crippen LogP contribution in [0.3, 0.4) is 0 Å². The third-order valence-electron chi connectivity index (χ3n) is 2.63. The molecule has 1 N–H and O–H groups in total. The molecule has 0 bridgehead atoms. The first-order valence-electron chi connectivity index (χ1n) is 5.43. The van der Waals surface area contributed by atoms with Crippen LogP contribution in [0.15, 0.2) is 41.5 Å². The highest BCUT2D eigenvalue weighted by atomic mass is 14.8. The van der Waals surface area contributed by atoms with Crippen molar-refractivity contribution in [2.24, 2.45) is 4.99 Å². The van der Waals surface area contributed by atoms with Gasteiger partial charge in [0.05, 0.1) is 17.1 Å². The van der Waals surface area contributed by atoms with Crippen LogP contribution in [0.2, 0.25) is 0 Å². The van der Waals surface area contributed by atoms with Gasteiger partial charge in [-0.25, -0.2) is 0 Å². The van der Waals surface area contributed by atoms with E-state index >= 15 is 0 Å². The van der Waals surface area contributed by atoms with Gasteiger partial charge in [0, 0.05) is 6.20 Å². The van der Waals surface area contributed by atoms with E-state index in [1.807, 2.05) is 25.3 Å². The fraction of sp³-hybridized carbons (Fsp3) is 0.214. The van der Waals surface area contributed by atoms with Crippen molar-refractivity contribution in [2.45, 2.75) is 20.8 Å². The number of nitrogens with one attached hydrogen (secondary N) is 1. The number of aliphatic imine (C=N–C) groups is 1. The largest absolute Gasteiger partial charge is 0.360 e. The van der Waals surface area contributed by atoms with E-state index in [2.05, 4.69) is 42.0 Å². The molecule has 2 heteroatoms. The molecule has 0 saturated heterocycles. The molecule has 2 aromatic rings. The minimum absolute atomic E-state index is 1.01. The van der Waals surface area contributed by atoms with Gasteiger partial charge in [-0.1, -0.05) is 17.7 Å². The molecule has 1 aromatic carbocycles. The predicted octanol–water partition coefficient (Wildman–Crippen LogP) is 3.77. The van der Waals surface area contributed by atoms with E-state index in [4.69, 9.17) is 0 Å². The Morgan fingerprint density at radius 1 is 1.19 bits per heavy atom. The van der Waals surface area contributed by atoms with Gasteiger partial charge in [-0.3, -0.25) is 4.99 Å². The minimum Gasteiger partial charge on any atom is -0.360 e. The first-order chi connectivity index (χ1) is 7.66. The number of rotatable bonds is 2. The van der Waals surface area contributed by atoms with E-state index in [-0.39, 0.29) is 0 Å². The van der Waals surface area contributed by atoms with E-state index in [0.717, 1.165) is 17.1 Å². The van der Waals surface area contributed by atoms with Crippen LogP contribution in [0, 0.1) is 13.8 Å². The average molecular weight is 212 g/mol. The Morgan fingerprint density at radius 3 is 2.62 bits per heavy atom. The molecule has 0 aliphatic carbocycles. The summed E-state index contributed by atoms with van der Waals surface area (Å²) in [5.74, 6) is 0. The zero-order valence-electron chi connectivity index (χ0n) is 9.91. The second-order valence-electron chi connectivity index (χ2n) is 4.07. The number of benzene rings is 1. The summed E-state index contributed by atoms with van der Waals surface area (Å²) in [5, 5.41) is 0. The Morgan fingerprint density at radius 2 is 2.00 bits per heavy atom. The number of aryl methyl sites for hydroxylation is 2. The third kappa shape index (κ3) is 2.22. The highest BCUT2D eigenvalue weighted by Crippen LogP contribution is 2.20. The zero-order valence-corrected chi connectivity index (χ0v) is 9.91. The first kappa shape index (κ1) is 10.7. The van der Waals surface area contributed by atoms with Gasteiger partial charge >= 0.3 is 0 Å². The summed E-state index contributed by atoms with van der Waals surface area (Å²) in [6, 6.07) is 10.3. The van der Waals surface area contributed by atoms with Crippen molar-refractivity contribution in [3.63, 3.8) is 0 Å². The lowest BCUT2D eigenvalue weighted by Gasteiger charge is -2.03. The Kier molecular flexibility index (Phi) is 2.91. The molecule has 1 heterocycles. The average Bonchev–Trinajstić information content (AvgIpc) is 2.75. The molecule has 16 heavy (non-hydrogen) atoms. The minimum atomic E-state index is 1.01. The van der Waals surface area contributed by atoms with Gasteiger partial charge in [0.25, 0.3) is 0 Å². The smallest absolute Gasteiger partial charge is 0.0663 e. The Bertz CT molecular complexity index is 508. The lowest BCUT2D eigenvalue weighted by molar-refractivity contribution is 1.31. The SMILES string of the molecule is CC(=Nc1ccc(C)cc1C)c1ccc[nH]1. The van der Waals surface area contributed by atoms with Crippen LogP contribution in [0.5, 0.6) is 0 Å². The van der Waals surface area contributed by atoms with Crippen LogP contribution < -0.4 is 0 Å². The molecule has 2 nitrogen and oxygen atoms in total. The summed E-state index contributed by atoms with van der Waals surface area (Å²) in [4.78, 5) is 7.78. The number of hydrogen-bond acceptors (Lipinski definition) is 1. The summed E-state index contributed by atoms with van der Waals surface area (Å²) >= 11 is 0. The van der Waals surface area contributed by atoms with Crippen LogP contribution in [0.25, 0.3) is 0 Å². The van der Waals surface area contributed by atoms with Crippen molar-refractivity contribution in [3.05, 3.63) is 53.3 Å². The van der Waals surface area contributed by atoms with Crippen molar-refractivity contribution in [1.29, 1.82) is 0 Å². The van der Waals surface area contributed by atoms with Gasteiger partial charge < -0.3 is 4.98 Å². The molecule has 0 amide bonds. The van der Waals surface area contributed by atoms with Crippen molar-refractivity contribution < 1.29 is 0 Å². The first-order valence-corrected chi connectivity index (χ1v) is 5.43. The summed E-state index contributed by atoms with van der Waals surface area (Å²) in [5.41, 5.74) is 5.61. The zero-order chi connectivity index (χ0) is 11.5. The molecule has 0 aliphatic rings. The molecular formula is C14H16N2. The van der Waals surface area contributed by atoms with Gasteiger partial charge in [0.1, 0.15) is 0 Å². The number of hydrogen-bond donors (Lipinski definition) is 1. The van der Waals surface area contributed by atoms with E-state index in [1.165, 1.54) is 11.1 Å². The molecule has 0 fully saturated rings. The van der Waals surface area contributed by atoms with Crippen molar-refractivity contribution in [2.75, 3.05) is 0 Å². The Labute approximate surface area is 96.1 Å². The van der Waals surface area contributed by atoms with Gasteiger partial charge in [-0.2, -0.15) is 0 Å². The highest BCUT2D eigenvalue weighted by Gasteiger charge is 2.00. The summed E-state index contributed by atoms with van der Waals surface area (Å²) in [7, 11) is 0. The number of aromatic amines is 1. The maximum absolute atomic E-state index is 4.63. The maximum atomic E-state index is 4.63. The third-order valence-corrected chi connectivity index (χ3v) is 2.63. The summed E-state index contributed by atoms with van der Waals surface area (Å²) in [6.07, 6.45) is 1.91. The molecular weight excluding hydrogens is 196 g/mol. The lowest BCUT2D eigenvalue weighted by atomic mass is 10.1. The summed E-state index contributed by atoms with van der Waals surface area (Å²) in [6.45, 7) is 6.21. The van der Waals surface area contributed by atoms with Crippen molar-refractivity contribution in [3.8, 4) is 0 Å². The standard InChI is InChI=1S/C14H16N2/c1-10-6-7-13(11(2)9-10)16-12(3)14-5-4-8-15-14/h4-9,15H,1-3H3. The van der Waals surface area contributed by atoms with Crippen molar-refractivity contribution in [1.82, 2.24) is 4.98 Å². The van der Waals surface area contributed by atoms with Crippen LogP contribution in [0.4, 0.5) is 5.69 Å². The molecule has 0 unspecified atom stereocenters. The van der Waals surface area contributed by atoms with E-state index in [9.17, 15) is 0 Å². The number of nitrogens with zero attached hydrogens (tertiary/aromatic N) is 1. The number of H-pyrrole nitrogens is 1. The molecule has 0 saturated carbocycles. The molecule has 1 aromatic heterocycles. The van der Waals surface area contributed by atoms with Gasteiger partial charge in [-0.15, -0.1) is 0 Å². The quantitative estimate of drug-likeness (QED) is 0.734. The van der Waals surface area contributed by atoms with Gasteiger partial charge in [-0.05, 0) is 44.5 Å². The molecule has 0 radical (unpaired) electrons. The van der Waals surface area contributed by atoms with Gasteiger partial charge in [0.15, 0.2) is 0 Å². The molecule has 2 rings (SSSR count). The van der Waals surface area contributed by atoms with Crippen LogP contribution >= 0.6 is 0 Å². The van der Waals surface area contributed by atoms with E-state index in [0.29, 0.717) is 0 Å². The summed E-state index contributed by atoms with van der Waals surface area (Å²) < 4.78 is 0. The van der Waals surface area contributed by atoms with Crippen LogP contribution in [0.1, 0.15) is 23.7 Å². The highest BCUT2D eigenvalue weighted by molar-refractivity contribution is 5.98. The predicted molar refractivity (Wildman–Crippen MR) is 68.6 cm³/mol. The number of aromatic nitrogens is 1. The second-order valence-corrected chi connectivity index (χ2v) is 4.07. The topological polar surface area (TPSA) is 28.1 Å². The van der Waals surface area contributed by atoms with E-state index < -0.39 is 0 Å². The monoisotopic (exact) mass is 212 g/mol. The van der Waals surface area contributed by atoms with Crippen LogP contribution in [-0.2, 0) is 0 Å². The normalized spacial score (nSPS) is 11.8. The van der Waals surface area contributed by atoms with E-state index in [1.54, 1.807) is 0 Å². The maximum Gasteiger partial charge on any atom is 0.0663 e. The van der Waals surface area contributed by atoms with Gasteiger partial charge in [0.2, 0.25) is 0 Å².